The van der Waals surface area contributed by atoms with Crippen LogP contribution in [-0.4, -0.2) is 10.7 Å². The Morgan fingerprint density at radius 3 is 2.31 bits per heavy atom. The van der Waals surface area contributed by atoms with Gasteiger partial charge in [0.15, 0.2) is 0 Å². The molecule has 0 fully saturated rings. The lowest BCUT2D eigenvalue weighted by atomic mass is 9.93. The summed E-state index contributed by atoms with van der Waals surface area (Å²) in [5.74, 6) is 0. The quantitative estimate of drug-likeness (QED) is 0.164. The fraction of sp³-hybridized carbons (Fsp3) is 0. The van der Waals surface area contributed by atoms with Gasteiger partial charge in [0.1, 0.15) is 0 Å². The van der Waals surface area contributed by atoms with Crippen molar-refractivity contribution in [3.8, 4) is 11.1 Å². The van der Waals surface area contributed by atoms with E-state index in [0.717, 1.165) is 32.2 Å². The van der Waals surface area contributed by atoms with E-state index in [-0.39, 0.29) is 5.56 Å². The van der Waals surface area contributed by atoms with Crippen LogP contribution in [-0.2, 0) is 0 Å². The van der Waals surface area contributed by atoms with Gasteiger partial charge in [-0.2, -0.15) is 5.10 Å². The Morgan fingerprint density at radius 2 is 1.58 bits per heavy atom. The minimum absolute atomic E-state index is 0.238. The first kappa shape index (κ1) is 23.8. The molecule has 1 aromatic heterocycles. The first-order valence-electron chi connectivity index (χ1n) is 11.3. The van der Waals surface area contributed by atoms with Crippen molar-refractivity contribution in [2.75, 3.05) is 5.43 Å². The SMILES string of the molecule is O=c1[nH]c2ccc(Cl)cc2c(-c2ccccc2)c1C(/C=C/c1ccc(Br)cc1)=N\Nc1ccccc1. The predicted molar refractivity (Wildman–Crippen MR) is 155 cm³/mol. The van der Waals surface area contributed by atoms with Gasteiger partial charge in [0.2, 0.25) is 0 Å². The van der Waals surface area contributed by atoms with E-state index in [4.69, 9.17) is 16.7 Å². The molecule has 0 saturated heterocycles. The number of hydrazone groups is 1. The van der Waals surface area contributed by atoms with Crippen molar-refractivity contribution in [1.82, 2.24) is 4.98 Å². The molecule has 0 aliphatic heterocycles. The van der Waals surface area contributed by atoms with E-state index in [9.17, 15) is 4.79 Å². The zero-order valence-electron chi connectivity index (χ0n) is 19.1. The molecule has 0 aliphatic rings. The fourth-order valence-electron chi connectivity index (χ4n) is 3.98. The van der Waals surface area contributed by atoms with Gasteiger partial charge in [0.05, 0.1) is 17.0 Å². The molecule has 4 aromatic carbocycles. The van der Waals surface area contributed by atoms with E-state index in [1.54, 1.807) is 6.07 Å². The van der Waals surface area contributed by atoms with Gasteiger partial charge in [-0.3, -0.25) is 10.2 Å². The molecule has 0 radical (unpaired) electrons. The Labute approximate surface area is 222 Å². The Kier molecular flexibility index (Phi) is 7.12. The second kappa shape index (κ2) is 10.8. The summed E-state index contributed by atoms with van der Waals surface area (Å²) in [6, 6.07) is 32.8. The van der Waals surface area contributed by atoms with Crippen molar-refractivity contribution in [2.45, 2.75) is 0 Å². The molecule has 1 heterocycles. The van der Waals surface area contributed by atoms with Crippen LogP contribution in [0.2, 0.25) is 5.02 Å². The van der Waals surface area contributed by atoms with E-state index < -0.39 is 0 Å². The van der Waals surface area contributed by atoms with E-state index in [1.165, 1.54) is 0 Å². The molecule has 176 valence electrons. The molecule has 36 heavy (non-hydrogen) atoms. The molecular formula is C30H21BrClN3O. The van der Waals surface area contributed by atoms with E-state index >= 15 is 0 Å². The number of hydrogen-bond acceptors (Lipinski definition) is 3. The minimum Gasteiger partial charge on any atom is -0.321 e. The lowest BCUT2D eigenvalue weighted by Crippen LogP contribution is -2.20. The average Bonchev–Trinajstić information content (AvgIpc) is 2.91. The zero-order valence-corrected chi connectivity index (χ0v) is 21.4. The van der Waals surface area contributed by atoms with Crippen molar-refractivity contribution in [3.63, 3.8) is 0 Å². The molecular weight excluding hydrogens is 534 g/mol. The Balaban J connectivity index is 1.75. The molecule has 0 atom stereocenters. The number of H-pyrrole nitrogens is 1. The highest BCUT2D eigenvalue weighted by molar-refractivity contribution is 9.10. The van der Waals surface area contributed by atoms with Gasteiger partial charge in [-0.05, 0) is 59.7 Å². The van der Waals surface area contributed by atoms with Gasteiger partial charge < -0.3 is 4.98 Å². The molecule has 5 rings (SSSR count). The summed E-state index contributed by atoms with van der Waals surface area (Å²) in [4.78, 5) is 16.6. The van der Waals surface area contributed by atoms with E-state index in [1.807, 2.05) is 109 Å². The molecule has 0 amide bonds. The minimum atomic E-state index is -0.238. The largest absolute Gasteiger partial charge is 0.321 e. The van der Waals surface area contributed by atoms with E-state index in [0.29, 0.717) is 21.8 Å². The summed E-state index contributed by atoms with van der Waals surface area (Å²) in [7, 11) is 0. The van der Waals surface area contributed by atoms with Gasteiger partial charge >= 0.3 is 0 Å². The maximum atomic E-state index is 13.6. The number of hydrogen-bond donors (Lipinski definition) is 2. The van der Waals surface area contributed by atoms with Crippen LogP contribution in [0.3, 0.4) is 0 Å². The lowest BCUT2D eigenvalue weighted by molar-refractivity contribution is 1.27. The third-order valence-electron chi connectivity index (χ3n) is 5.68. The van der Waals surface area contributed by atoms with Gasteiger partial charge in [-0.15, -0.1) is 0 Å². The topological polar surface area (TPSA) is 57.2 Å². The summed E-state index contributed by atoms with van der Waals surface area (Å²) < 4.78 is 0.994. The lowest BCUT2D eigenvalue weighted by Gasteiger charge is -2.14. The summed E-state index contributed by atoms with van der Waals surface area (Å²) >= 11 is 9.87. The Hall–Kier alpha value is -3.93. The Morgan fingerprint density at radius 1 is 0.889 bits per heavy atom. The van der Waals surface area contributed by atoms with Crippen LogP contribution < -0.4 is 11.0 Å². The number of halogens is 2. The standard InChI is InChI=1S/C30H21BrClN3O/c31-22-14-11-20(12-15-22)13-17-27(35-34-24-9-5-2-6-10-24)29-28(21-7-3-1-4-8-21)25-19-23(32)16-18-26(25)33-30(29)36/h1-19,34H,(H,33,36)/b17-13+,35-27-. The van der Waals surface area contributed by atoms with Crippen LogP contribution >= 0.6 is 27.5 Å². The van der Waals surface area contributed by atoms with Crippen LogP contribution in [0.5, 0.6) is 0 Å². The number of pyridine rings is 1. The van der Waals surface area contributed by atoms with Crippen LogP contribution in [0.25, 0.3) is 28.1 Å². The van der Waals surface area contributed by atoms with E-state index in [2.05, 4.69) is 26.3 Å². The monoisotopic (exact) mass is 553 g/mol. The van der Waals surface area contributed by atoms with Crippen LogP contribution in [0.1, 0.15) is 11.1 Å². The second-order valence-electron chi connectivity index (χ2n) is 8.12. The van der Waals surface area contributed by atoms with Gasteiger partial charge in [-0.1, -0.05) is 94.3 Å². The van der Waals surface area contributed by atoms with Crippen molar-refractivity contribution in [1.29, 1.82) is 0 Å². The number of aromatic amines is 1. The fourth-order valence-corrected chi connectivity index (χ4v) is 4.41. The summed E-state index contributed by atoms with van der Waals surface area (Å²) in [6.07, 6.45) is 3.79. The number of anilines is 1. The number of allylic oxidation sites excluding steroid dienone is 1. The highest BCUT2D eigenvalue weighted by atomic mass is 79.9. The smallest absolute Gasteiger partial charge is 0.258 e. The Bertz CT molecular complexity index is 1630. The molecule has 4 nitrogen and oxygen atoms in total. The van der Waals surface area contributed by atoms with Crippen molar-refractivity contribution >= 4 is 55.9 Å². The van der Waals surface area contributed by atoms with Crippen molar-refractivity contribution in [2.24, 2.45) is 5.10 Å². The van der Waals surface area contributed by atoms with Crippen molar-refractivity contribution in [3.05, 3.63) is 140 Å². The maximum absolute atomic E-state index is 13.6. The van der Waals surface area contributed by atoms with Gasteiger partial charge in [0, 0.05) is 26.0 Å². The van der Waals surface area contributed by atoms with Gasteiger partial charge in [0.25, 0.3) is 5.56 Å². The number of para-hydroxylation sites is 1. The molecule has 0 spiro atoms. The number of aromatic nitrogens is 1. The molecule has 5 aromatic rings. The number of benzene rings is 4. The molecule has 0 bridgehead atoms. The third kappa shape index (κ3) is 5.33. The molecule has 0 aliphatic carbocycles. The number of fused-ring (bicyclic) bond motifs is 1. The normalized spacial score (nSPS) is 11.8. The first-order chi connectivity index (χ1) is 17.6. The summed E-state index contributed by atoms with van der Waals surface area (Å²) in [5.41, 5.74) is 7.98. The molecule has 0 saturated carbocycles. The van der Waals surface area contributed by atoms with Crippen LogP contribution in [0.15, 0.2) is 124 Å². The number of nitrogens with one attached hydrogen (secondary N) is 2. The third-order valence-corrected chi connectivity index (χ3v) is 6.44. The van der Waals surface area contributed by atoms with Crippen LogP contribution in [0, 0.1) is 0 Å². The number of nitrogens with zero attached hydrogens (tertiary/aromatic N) is 1. The second-order valence-corrected chi connectivity index (χ2v) is 9.47. The zero-order chi connectivity index (χ0) is 24.9. The molecule has 6 heteroatoms. The summed E-state index contributed by atoms with van der Waals surface area (Å²) in [6.45, 7) is 0. The maximum Gasteiger partial charge on any atom is 0.258 e. The number of rotatable bonds is 6. The van der Waals surface area contributed by atoms with Crippen molar-refractivity contribution < 1.29 is 0 Å². The van der Waals surface area contributed by atoms with Gasteiger partial charge in [-0.25, -0.2) is 0 Å². The average molecular weight is 555 g/mol. The molecule has 0 unspecified atom stereocenters. The molecule has 2 N–H and O–H groups in total. The highest BCUT2D eigenvalue weighted by Crippen LogP contribution is 2.32. The first-order valence-corrected chi connectivity index (χ1v) is 12.5. The predicted octanol–water partition coefficient (Wildman–Crippen LogP) is 8.14. The summed E-state index contributed by atoms with van der Waals surface area (Å²) in [5, 5.41) is 6.12. The van der Waals surface area contributed by atoms with Crippen LogP contribution in [0.4, 0.5) is 5.69 Å². The highest BCUT2D eigenvalue weighted by Gasteiger charge is 2.18.